The average Bonchev–Trinajstić information content (AvgIpc) is 2.80. The number of thiophene rings is 1. The van der Waals surface area contributed by atoms with Crippen LogP contribution in [0, 0.1) is 6.92 Å². The smallest absolute Gasteiger partial charge is 0.0701 e. The average molecular weight is 373 g/mol. The third kappa shape index (κ3) is 4.32. The molecule has 1 aromatic heterocycles. The minimum atomic E-state index is 0.272. The largest absolute Gasteiger partial charge is 0.310 e. The Morgan fingerprint density at radius 1 is 1.30 bits per heavy atom. The molecule has 1 unspecified atom stereocenters. The van der Waals surface area contributed by atoms with Gasteiger partial charge in [0.05, 0.1) is 3.79 Å². The maximum Gasteiger partial charge on any atom is 0.0701 e. The lowest BCUT2D eigenvalue weighted by Gasteiger charge is -2.20. The van der Waals surface area contributed by atoms with Gasteiger partial charge >= 0.3 is 0 Å². The highest BCUT2D eigenvalue weighted by Crippen LogP contribution is 2.30. The van der Waals surface area contributed by atoms with E-state index in [9.17, 15) is 0 Å². The Hall–Kier alpha value is -0.350. The number of aryl methyl sites for hydroxylation is 1. The zero-order chi connectivity index (χ0) is 14.5. The van der Waals surface area contributed by atoms with Crippen molar-refractivity contribution in [1.82, 2.24) is 5.32 Å². The quantitative estimate of drug-likeness (QED) is 0.680. The first-order chi connectivity index (χ1) is 9.60. The fourth-order valence-corrected chi connectivity index (χ4v) is 4.08. The van der Waals surface area contributed by atoms with Gasteiger partial charge in [-0.05, 0) is 65.1 Å². The predicted octanol–water partition coefficient (Wildman–Crippen LogP) is 5.76. The van der Waals surface area contributed by atoms with Gasteiger partial charge in [0.15, 0.2) is 0 Å². The third-order valence-electron chi connectivity index (χ3n) is 3.21. The van der Waals surface area contributed by atoms with Gasteiger partial charge in [-0.15, -0.1) is 11.3 Å². The molecule has 1 heterocycles. The molecule has 0 saturated heterocycles. The minimum Gasteiger partial charge on any atom is -0.310 e. The lowest BCUT2D eigenvalue weighted by atomic mass is 10.0. The predicted molar refractivity (Wildman–Crippen MR) is 92.9 cm³/mol. The van der Waals surface area contributed by atoms with E-state index >= 15 is 0 Å². The Labute approximate surface area is 138 Å². The second-order valence-corrected chi connectivity index (χ2v) is 7.90. The van der Waals surface area contributed by atoms with Crippen LogP contribution in [-0.4, -0.2) is 6.54 Å². The zero-order valence-corrected chi connectivity index (χ0v) is 14.9. The van der Waals surface area contributed by atoms with Gasteiger partial charge in [-0.1, -0.05) is 30.7 Å². The summed E-state index contributed by atoms with van der Waals surface area (Å²) in [5.74, 6) is 0. The lowest BCUT2D eigenvalue weighted by Crippen LogP contribution is -2.24. The maximum atomic E-state index is 6.43. The molecule has 0 bridgehead atoms. The van der Waals surface area contributed by atoms with E-state index in [1.165, 1.54) is 19.8 Å². The van der Waals surface area contributed by atoms with E-state index in [-0.39, 0.29) is 6.04 Å². The van der Waals surface area contributed by atoms with E-state index in [1.807, 2.05) is 6.07 Å². The van der Waals surface area contributed by atoms with Gasteiger partial charge in [0, 0.05) is 22.4 Å². The van der Waals surface area contributed by atoms with Gasteiger partial charge in [-0.2, -0.15) is 0 Å². The molecule has 0 spiro atoms. The highest BCUT2D eigenvalue weighted by Gasteiger charge is 2.15. The van der Waals surface area contributed by atoms with E-state index in [2.05, 4.69) is 59.4 Å². The summed E-state index contributed by atoms with van der Waals surface area (Å²) in [6.07, 6.45) is 2.09. The molecule has 0 aliphatic rings. The Morgan fingerprint density at radius 2 is 2.10 bits per heavy atom. The van der Waals surface area contributed by atoms with Crippen molar-refractivity contribution in [2.24, 2.45) is 0 Å². The zero-order valence-electron chi connectivity index (χ0n) is 11.7. The van der Waals surface area contributed by atoms with Crippen LogP contribution >= 0.6 is 38.9 Å². The summed E-state index contributed by atoms with van der Waals surface area (Å²) in [5, 5.41) is 4.47. The molecular formula is C16H19BrClNS. The summed E-state index contributed by atoms with van der Waals surface area (Å²) < 4.78 is 1.18. The van der Waals surface area contributed by atoms with Crippen LogP contribution in [0.25, 0.3) is 0 Å². The summed E-state index contributed by atoms with van der Waals surface area (Å²) >= 11 is 11.7. The van der Waals surface area contributed by atoms with Crippen molar-refractivity contribution in [2.45, 2.75) is 32.7 Å². The summed E-state index contributed by atoms with van der Waals surface area (Å²) in [4.78, 5) is 1.36. The van der Waals surface area contributed by atoms with E-state index in [0.717, 1.165) is 24.4 Å². The number of hydrogen-bond acceptors (Lipinski definition) is 2. The van der Waals surface area contributed by atoms with Gasteiger partial charge in [0.1, 0.15) is 0 Å². The third-order valence-corrected chi connectivity index (χ3v) is 5.18. The van der Waals surface area contributed by atoms with Crippen molar-refractivity contribution >= 4 is 38.9 Å². The van der Waals surface area contributed by atoms with E-state index < -0.39 is 0 Å². The van der Waals surface area contributed by atoms with Crippen LogP contribution in [0.4, 0.5) is 0 Å². The lowest BCUT2D eigenvalue weighted by molar-refractivity contribution is 0.532. The first-order valence-electron chi connectivity index (χ1n) is 6.83. The number of halogens is 2. The molecule has 4 heteroatoms. The standard InChI is InChI=1S/C16H19BrClNS/c1-3-8-19-15(10-12-5-7-16(17)20-12)13-6-4-11(2)9-14(13)18/h4-7,9,15,19H,3,8,10H2,1-2H3. The van der Waals surface area contributed by atoms with Crippen LogP contribution < -0.4 is 5.32 Å². The molecule has 0 aliphatic carbocycles. The summed E-state index contributed by atoms with van der Waals surface area (Å²) in [5.41, 5.74) is 2.39. The minimum absolute atomic E-state index is 0.272. The van der Waals surface area contributed by atoms with E-state index in [0.29, 0.717) is 0 Å². The van der Waals surface area contributed by atoms with Crippen LogP contribution in [0.15, 0.2) is 34.1 Å². The number of rotatable bonds is 6. The molecule has 20 heavy (non-hydrogen) atoms. The van der Waals surface area contributed by atoms with Crippen LogP contribution in [-0.2, 0) is 6.42 Å². The SMILES string of the molecule is CCCNC(Cc1ccc(Br)s1)c1ccc(C)cc1Cl. The molecule has 2 rings (SSSR count). The first kappa shape index (κ1) is 16.0. The highest BCUT2D eigenvalue weighted by atomic mass is 79.9. The molecular weight excluding hydrogens is 354 g/mol. The van der Waals surface area contributed by atoms with Crippen molar-refractivity contribution < 1.29 is 0 Å². The van der Waals surface area contributed by atoms with Crippen molar-refractivity contribution in [2.75, 3.05) is 6.54 Å². The molecule has 0 aliphatic heterocycles. The molecule has 1 aromatic carbocycles. The maximum absolute atomic E-state index is 6.43. The van der Waals surface area contributed by atoms with Crippen LogP contribution in [0.2, 0.25) is 5.02 Å². The highest BCUT2D eigenvalue weighted by molar-refractivity contribution is 9.11. The molecule has 0 amide bonds. The molecule has 1 N–H and O–H groups in total. The number of nitrogens with one attached hydrogen (secondary N) is 1. The van der Waals surface area contributed by atoms with E-state index in [1.54, 1.807) is 11.3 Å². The molecule has 2 aromatic rings. The van der Waals surface area contributed by atoms with E-state index in [4.69, 9.17) is 11.6 Å². The molecule has 1 atom stereocenters. The number of hydrogen-bond donors (Lipinski definition) is 1. The second kappa shape index (κ2) is 7.60. The van der Waals surface area contributed by atoms with Crippen molar-refractivity contribution in [3.05, 3.63) is 55.1 Å². The Kier molecular flexibility index (Phi) is 6.09. The molecule has 1 nitrogen and oxygen atoms in total. The fraction of sp³-hybridized carbons (Fsp3) is 0.375. The molecule has 0 saturated carbocycles. The van der Waals surface area contributed by atoms with Crippen LogP contribution in [0.3, 0.4) is 0 Å². The second-order valence-electron chi connectivity index (χ2n) is 4.94. The Bertz CT molecular complexity index is 567. The van der Waals surface area contributed by atoms with Gasteiger partial charge in [-0.3, -0.25) is 0 Å². The van der Waals surface area contributed by atoms with Gasteiger partial charge in [-0.25, -0.2) is 0 Å². The molecule has 0 radical (unpaired) electrons. The summed E-state index contributed by atoms with van der Waals surface area (Å²) in [6.45, 7) is 5.25. The summed E-state index contributed by atoms with van der Waals surface area (Å²) in [7, 11) is 0. The van der Waals surface area contributed by atoms with Crippen molar-refractivity contribution in [3.8, 4) is 0 Å². The van der Waals surface area contributed by atoms with Gasteiger partial charge in [0.2, 0.25) is 0 Å². The van der Waals surface area contributed by atoms with Crippen molar-refractivity contribution in [1.29, 1.82) is 0 Å². The van der Waals surface area contributed by atoms with Crippen LogP contribution in [0.1, 0.15) is 35.4 Å². The Balaban J connectivity index is 2.22. The van der Waals surface area contributed by atoms with Gasteiger partial charge in [0.25, 0.3) is 0 Å². The topological polar surface area (TPSA) is 12.0 Å². The number of benzene rings is 1. The molecule has 0 fully saturated rings. The first-order valence-corrected chi connectivity index (χ1v) is 8.82. The van der Waals surface area contributed by atoms with Crippen molar-refractivity contribution in [3.63, 3.8) is 0 Å². The fourth-order valence-electron chi connectivity index (χ4n) is 2.19. The molecule has 108 valence electrons. The van der Waals surface area contributed by atoms with Crippen LogP contribution in [0.5, 0.6) is 0 Å². The van der Waals surface area contributed by atoms with Gasteiger partial charge < -0.3 is 5.32 Å². The normalized spacial score (nSPS) is 12.6. The monoisotopic (exact) mass is 371 g/mol. The summed E-state index contributed by atoms with van der Waals surface area (Å²) in [6, 6.07) is 10.9. The Morgan fingerprint density at radius 3 is 2.70 bits per heavy atom.